The van der Waals surface area contributed by atoms with E-state index in [9.17, 15) is 13.2 Å². The van der Waals surface area contributed by atoms with Gasteiger partial charge in [-0.25, -0.2) is 17.9 Å². The molecule has 0 aromatic heterocycles. The van der Waals surface area contributed by atoms with Crippen LogP contribution in [0.25, 0.3) is 0 Å². The molecule has 0 saturated carbocycles. The number of benzene rings is 1. The van der Waals surface area contributed by atoms with E-state index in [2.05, 4.69) is 10.0 Å². The molecule has 3 rings (SSSR count). The molecular formula is C17H25N3O4S. The van der Waals surface area contributed by atoms with Gasteiger partial charge in [-0.2, -0.15) is 0 Å². The topological polar surface area (TPSA) is 87.7 Å². The maximum Gasteiger partial charge on any atom is 0.318 e. The highest BCUT2D eigenvalue weighted by molar-refractivity contribution is 7.89. The molecule has 2 atom stereocenters. The molecular weight excluding hydrogens is 342 g/mol. The molecule has 2 heterocycles. The number of morpholine rings is 1. The van der Waals surface area contributed by atoms with Crippen molar-refractivity contribution in [1.29, 1.82) is 0 Å². The van der Waals surface area contributed by atoms with Crippen molar-refractivity contribution in [3.8, 4) is 0 Å². The minimum absolute atomic E-state index is 0.137. The third kappa shape index (κ3) is 3.96. The molecule has 1 aromatic carbocycles. The first-order valence-electron chi connectivity index (χ1n) is 8.59. The Labute approximate surface area is 148 Å². The summed E-state index contributed by atoms with van der Waals surface area (Å²) < 4.78 is 32.8. The standard InChI is InChI=1S/C17H25N3O4S/c1-12-3-4-13(2)16(9-12)25(22,23)19-8-7-18-17(21)20-14-5-6-15(20)11-24-10-14/h3-4,9,14-15,19H,5-8,10-11H2,1-2H3,(H,18,21). The number of rotatable bonds is 5. The van der Waals surface area contributed by atoms with E-state index in [1.54, 1.807) is 19.1 Å². The number of hydrogen-bond donors (Lipinski definition) is 2. The van der Waals surface area contributed by atoms with Crippen molar-refractivity contribution in [2.45, 2.75) is 43.7 Å². The first-order valence-corrected chi connectivity index (χ1v) is 10.1. The minimum atomic E-state index is -3.58. The number of urea groups is 1. The van der Waals surface area contributed by atoms with Crippen molar-refractivity contribution >= 4 is 16.1 Å². The van der Waals surface area contributed by atoms with Gasteiger partial charge >= 0.3 is 6.03 Å². The van der Waals surface area contributed by atoms with Gasteiger partial charge in [0, 0.05) is 13.1 Å². The Morgan fingerprint density at radius 2 is 1.88 bits per heavy atom. The largest absolute Gasteiger partial charge is 0.377 e. The summed E-state index contributed by atoms with van der Waals surface area (Å²) >= 11 is 0. The zero-order valence-corrected chi connectivity index (χ0v) is 15.4. The zero-order valence-electron chi connectivity index (χ0n) is 14.6. The van der Waals surface area contributed by atoms with Crippen LogP contribution >= 0.6 is 0 Å². The predicted octanol–water partition coefficient (Wildman–Crippen LogP) is 1.15. The van der Waals surface area contributed by atoms with Crippen LogP contribution in [-0.4, -0.2) is 57.7 Å². The van der Waals surface area contributed by atoms with Gasteiger partial charge in [0.15, 0.2) is 0 Å². The molecule has 2 unspecified atom stereocenters. The molecule has 138 valence electrons. The summed E-state index contributed by atoms with van der Waals surface area (Å²) in [6.45, 7) is 5.20. The van der Waals surface area contributed by atoms with Gasteiger partial charge in [-0.3, -0.25) is 0 Å². The first kappa shape index (κ1) is 18.2. The first-order chi connectivity index (χ1) is 11.9. The molecule has 2 bridgehead atoms. The number of hydrogen-bond acceptors (Lipinski definition) is 4. The van der Waals surface area contributed by atoms with E-state index in [1.807, 2.05) is 17.9 Å². The molecule has 0 radical (unpaired) electrons. The predicted molar refractivity (Wildman–Crippen MR) is 94.0 cm³/mol. The van der Waals surface area contributed by atoms with Crippen molar-refractivity contribution in [2.75, 3.05) is 26.3 Å². The number of sulfonamides is 1. The van der Waals surface area contributed by atoms with Crippen molar-refractivity contribution in [3.63, 3.8) is 0 Å². The van der Waals surface area contributed by atoms with Crippen LogP contribution in [0.3, 0.4) is 0 Å². The van der Waals surface area contributed by atoms with E-state index in [4.69, 9.17) is 4.74 Å². The van der Waals surface area contributed by atoms with Crippen LogP contribution in [0.15, 0.2) is 23.1 Å². The summed E-state index contributed by atoms with van der Waals surface area (Å²) in [5.41, 5.74) is 1.59. The molecule has 8 heteroatoms. The molecule has 1 aromatic rings. The van der Waals surface area contributed by atoms with Crippen molar-refractivity contribution < 1.29 is 17.9 Å². The van der Waals surface area contributed by atoms with Crippen LogP contribution in [0.4, 0.5) is 4.79 Å². The van der Waals surface area contributed by atoms with Crippen LogP contribution in [-0.2, 0) is 14.8 Å². The van der Waals surface area contributed by atoms with E-state index in [1.165, 1.54) is 0 Å². The van der Waals surface area contributed by atoms with Crippen LogP contribution in [0, 0.1) is 13.8 Å². The van der Waals surface area contributed by atoms with E-state index in [0.29, 0.717) is 18.8 Å². The van der Waals surface area contributed by atoms with Crippen LogP contribution in [0.5, 0.6) is 0 Å². The van der Waals surface area contributed by atoms with Gasteiger partial charge in [-0.1, -0.05) is 12.1 Å². The molecule has 7 nitrogen and oxygen atoms in total. The van der Waals surface area contributed by atoms with E-state index in [-0.39, 0.29) is 36.1 Å². The lowest BCUT2D eigenvalue weighted by atomic mass is 10.2. The lowest BCUT2D eigenvalue weighted by molar-refractivity contribution is 0.00647. The minimum Gasteiger partial charge on any atom is -0.377 e. The molecule has 2 aliphatic rings. The quantitative estimate of drug-likeness (QED) is 0.765. The second-order valence-electron chi connectivity index (χ2n) is 6.73. The van der Waals surface area contributed by atoms with Gasteiger partial charge in [0.1, 0.15) is 0 Å². The number of nitrogens with one attached hydrogen (secondary N) is 2. The van der Waals surface area contributed by atoms with Gasteiger partial charge in [0.2, 0.25) is 10.0 Å². The lowest BCUT2D eigenvalue weighted by Gasteiger charge is -2.34. The van der Waals surface area contributed by atoms with Crippen molar-refractivity contribution in [3.05, 3.63) is 29.3 Å². The highest BCUT2D eigenvalue weighted by Gasteiger charge is 2.40. The van der Waals surface area contributed by atoms with Gasteiger partial charge in [0.25, 0.3) is 0 Å². The highest BCUT2D eigenvalue weighted by atomic mass is 32.2. The van der Waals surface area contributed by atoms with Crippen molar-refractivity contribution in [1.82, 2.24) is 14.9 Å². The third-order valence-electron chi connectivity index (χ3n) is 4.80. The van der Waals surface area contributed by atoms with Crippen LogP contribution in [0.2, 0.25) is 0 Å². The lowest BCUT2D eigenvalue weighted by Crippen LogP contribution is -2.53. The second-order valence-corrected chi connectivity index (χ2v) is 8.46. The summed E-state index contributed by atoms with van der Waals surface area (Å²) in [5, 5.41) is 2.81. The Morgan fingerprint density at radius 1 is 1.20 bits per heavy atom. The van der Waals surface area contributed by atoms with Crippen molar-refractivity contribution in [2.24, 2.45) is 0 Å². The smallest absolute Gasteiger partial charge is 0.318 e. The third-order valence-corrected chi connectivity index (χ3v) is 6.40. The van der Waals surface area contributed by atoms with Gasteiger partial charge in [0.05, 0.1) is 30.2 Å². The molecule has 2 saturated heterocycles. The normalized spacial score (nSPS) is 22.9. The summed E-state index contributed by atoms with van der Waals surface area (Å²) in [7, 11) is -3.58. The molecule has 2 amide bonds. The average Bonchev–Trinajstić information content (AvgIpc) is 2.82. The molecule has 0 aliphatic carbocycles. The number of nitrogens with zero attached hydrogens (tertiary/aromatic N) is 1. The monoisotopic (exact) mass is 367 g/mol. The van der Waals surface area contributed by atoms with E-state index < -0.39 is 10.0 Å². The summed E-state index contributed by atoms with van der Waals surface area (Å²) in [6, 6.07) is 5.48. The summed E-state index contributed by atoms with van der Waals surface area (Å²) in [4.78, 5) is 14.5. The SMILES string of the molecule is Cc1ccc(C)c(S(=O)(=O)NCCNC(=O)N2C3CCC2COC3)c1. The Morgan fingerprint density at radius 3 is 2.56 bits per heavy atom. The Bertz CT molecular complexity index is 734. The number of fused-ring (bicyclic) bond motifs is 2. The molecule has 2 fully saturated rings. The highest BCUT2D eigenvalue weighted by Crippen LogP contribution is 2.28. The second kappa shape index (κ2) is 7.31. The van der Waals surface area contributed by atoms with Gasteiger partial charge < -0.3 is 15.0 Å². The fourth-order valence-corrected chi connectivity index (χ4v) is 4.84. The van der Waals surface area contributed by atoms with Gasteiger partial charge in [-0.15, -0.1) is 0 Å². The van der Waals surface area contributed by atoms with E-state index >= 15 is 0 Å². The maximum atomic E-state index is 12.4. The average molecular weight is 367 g/mol. The number of aryl methyl sites for hydroxylation is 2. The zero-order chi connectivity index (χ0) is 18.0. The fourth-order valence-electron chi connectivity index (χ4n) is 3.48. The summed E-state index contributed by atoms with van der Waals surface area (Å²) in [5.74, 6) is 0. The number of carbonyl (C=O) groups excluding carboxylic acids is 1. The summed E-state index contributed by atoms with van der Waals surface area (Å²) in [6.07, 6.45) is 1.94. The number of carbonyl (C=O) groups is 1. The van der Waals surface area contributed by atoms with E-state index in [0.717, 1.165) is 18.4 Å². The Hall–Kier alpha value is -1.64. The Kier molecular flexibility index (Phi) is 5.31. The Balaban J connectivity index is 1.51. The number of amides is 2. The fraction of sp³-hybridized carbons (Fsp3) is 0.588. The van der Waals surface area contributed by atoms with Crippen LogP contribution < -0.4 is 10.0 Å². The maximum absolute atomic E-state index is 12.4. The molecule has 25 heavy (non-hydrogen) atoms. The van der Waals surface area contributed by atoms with Gasteiger partial charge in [-0.05, 0) is 43.9 Å². The van der Waals surface area contributed by atoms with Crippen LogP contribution in [0.1, 0.15) is 24.0 Å². The number of ether oxygens (including phenoxy) is 1. The molecule has 2 N–H and O–H groups in total. The molecule has 2 aliphatic heterocycles. The molecule has 0 spiro atoms.